The minimum atomic E-state index is -1.54. The number of anilines is 6. The number of carboxylic acids is 2. The largest absolute Gasteiger partial charge is 0.478 e. The fourth-order valence-electron chi connectivity index (χ4n) is 17.0. The number of H-pyrrole nitrogens is 3. The van der Waals surface area contributed by atoms with E-state index in [4.69, 9.17) is 38.1 Å². The van der Waals surface area contributed by atoms with E-state index < -0.39 is 163 Å². The maximum atomic E-state index is 16.0. The van der Waals surface area contributed by atoms with E-state index in [1.54, 1.807) is 99.6 Å². The third-order valence-electron chi connectivity index (χ3n) is 23.2. The van der Waals surface area contributed by atoms with Gasteiger partial charge >= 0.3 is 24.0 Å². The molecule has 0 unspecified atom stereocenters. The number of imidazole rings is 3. The van der Waals surface area contributed by atoms with E-state index in [0.717, 1.165) is 14.7 Å². The summed E-state index contributed by atoms with van der Waals surface area (Å²) >= 11 is 9.03. The van der Waals surface area contributed by atoms with E-state index in [1.165, 1.54) is 142 Å². The molecule has 0 aliphatic carbocycles. The third-order valence-corrected chi connectivity index (χ3v) is 29.9. The Balaban J connectivity index is 0.000000169. The maximum absolute atomic E-state index is 16.0. The molecule has 0 radical (unpaired) electrons. The van der Waals surface area contributed by atoms with Crippen LogP contribution in [0, 0.1) is 17.5 Å². The number of aromatic amines is 3. The van der Waals surface area contributed by atoms with Crippen LogP contribution in [0.15, 0.2) is 164 Å². The van der Waals surface area contributed by atoms with Crippen LogP contribution in [0.25, 0.3) is 99.2 Å². The average Bonchev–Trinajstić information content (AvgIpc) is 1.69. The molecule has 147 heavy (non-hydrogen) atoms. The van der Waals surface area contributed by atoms with Crippen LogP contribution in [-0.4, -0.2) is 230 Å². The van der Waals surface area contributed by atoms with Crippen molar-refractivity contribution in [3.63, 3.8) is 0 Å². The Labute approximate surface area is 847 Å². The van der Waals surface area contributed by atoms with Crippen molar-refractivity contribution in [1.29, 1.82) is 0 Å². The predicted octanol–water partition coefficient (Wildman–Crippen LogP) is 10.5. The lowest BCUT2D eigenvalue weighted by atomic mass is 10.00. The van der Waals surface area contributed by atoms with Gasteiger partial charge in [0.15, 0.2) is 46.4 Å². The quantitative estimate of drug-likeness (QED) is 0.0221. The number of hydrogen-bond acceptors (Lipinski definition) is 25. The van der Waals surface area contributed by atoms with Gasteiger partial charge in [-0.2, -0.15) is 15.3 Å². The highest BCUT2D eigenvalue weighted by molar-refractivity contribution is 8.64. The molecular formula is C94H86F6N24O17S6. The van der Waals surface area contributed by atoms with Crippen LogP contribution in [0.2, 0.25) is 0 Å². The summed E-state index contributed by atoms with van der Waals surface area (Å²) in [6.07, 6.45) is -6.34. The molecule has 41 nitrogen and oxygen atoms in total. The summed E-state index contributed by atoms with van der Waals surface area (Å²) in [7, 11) is 6.83. The Morgan fingerprint density at radius 2 is 0.762 bits per heavy atom. The number of carbonyl (C=O) groups excluding carboxylic acids is 11. The number of aromatic nitrogens is 12. The number of methoxy groups -OCH3 is 1. The normalized spacial score (nSPS) is 15.7. The molecule has 9 aromatic carbocycles. The van der Waals surface area contributed by atoms with Crippen LogP contribution < -0.4 is 49.9 Å². The number of rotatable bonds is 22. The second kappa shape index (κ2) is 44.6. The van der Waals surface area contributed by atoms with Crippen molar-refractivity contribution < 1.29 is 108 Å². The van der Waals surface area contributed by atoms with E-state index in [2.05, 4.69) is 88.8 Å². The molecule has 0 bridgehead atoms. The van der Waals surface area contributed by atoms with Gasteiger partial charge in [-0.1, -0.05) is 98.4 Å². The summed E-state index contributed by atoms with van der Waals surface area (Å²) in [6, 6.07) is 36.8. The molecule has 3 fully saturated rings. The van der Waals surface area contributed by atoms with Gasteiger partial charge in [-0.15, -0.1) is 0 Å². The minimum Gasteiger partial charge on any atom is -0.478 e. The van der Waals surface area contributed by atoms with Gasteiger partial charge in [-0.25, -0.2) is 60.5 Å². The Hall–Kier alpha value is -16.8. The van der Waals surface area contributed by atoms with Gasteiger partial charge in [0, 0.05) is 110 Å². The number of nitrogens with one attached hydrogen (secondary N) is 7. The Bertz CT molecular complexity index is 8090. The highest BCUT2D eigenvalue weighted by Gasteiger charge is 2.44. The molecule has 762 valence electrons. The van der Waals surface area contributed by atoms with Crippen LogP contribution >= 0.6 is 0 Å². The highest BCUT2D eigenvalue weighted by Crippen LogP contribution is 2.39. The molecule has 0 spiro atoms. The summed E-state index contributed by atoms with van der Waals surface area (Å²) < 4.78 is 105. The fraction of sp³-hybridized carbons (Fsp3) is 0.223. The van der Waals surface area contributed by atoms with Gasteiger partial charge in [-0.3, -0.25) is 62.5 Å². The number of hydrogen-bond donors (Lipinski definition) is 14. The maximum Gasteiger partial charge on any atom is 0.414 e. The molecule has 15 aromatic rings. The number of nitrogens with two attached hydrogens (primary N) is 5. The molecule has 18 rings (SSSR count). The lowest BCUT2D eigenvalue weighted by Crippen LogP contribution is -2.44. The van der Waals surface area contributed by atoms with Gasteiger partial charge in [-0.05, 0) is 110 Å². The number of carbonyl (C=O) groups is 13. The van der Waals surface area contributed by atoms with E-state index in [-0.39, 0.29) is 169 Å². The Morgan fingerprint density at radius 1 is 0.449 bits per heavy atom. The molecule has 53 heteroatoms. The van der Waals surface area contributed by atoms with Crippen LogP contribution in [-0.2, 0) is 116 Å². The number of amides is 10. The summed E-state index contributed by atoms with van der Waals surface area (Å²) in [5.74, 6) is -12.8. The first-order chi connectivity index (χ1) is 69.6. The van der Waals surface area contributed by atoms with Gasteiger partial charge in [0.25, 0.3) is 17.7 Å². The number of esters is 1. The average molecular weight is 2130 g/mol. The number of primary amides is 3. The van der Waals surface area contributed by atoms with Crippen molar-refractivity contribution >= 4 is 236 Å². The Kier molecular flexibility index (Phi) is 32.2. The van der Waals surface area contributed by atoms with Gasteiger partial charge < -0.3 is 94.0 Å². The van der Waals surface area contributed by atoms with E-state index >= 15 is 13.2 Å². The first-order valence-electron chi connectivity index (χ1n) is 43.5. The fourth-order valence-corrected chi connectivity index (χ4v) is 22.5. The summed E-state index contributed by atoms with van der Waals surface area (Å²) in [5.41, 5.74) is 28.5. The predicted molar refractivity (Wildman–Crippen MR) is 545 cm³/mol. The van der Waals surface area contributed by atoms with E-state index in [1.807, 2.05) is 0 Å². The summed E-state index contributed by atoms with van der Waals surface area (Å²) in [5, 5.41) is 43.1. The number of fused-ring (bicyclic) bond motifs is 6. The zero-order chi connectivity index (χ0) is 105. The molecule has 19 N–H and O–H groups in total. The minimum absolute atomic E-state index is 0. The monoisotopic (exact) mass is 2130 g/mol. The molecule has 3 aliphatic rings. The molecule has 3 saturated heterocycles. The van der Waals surface area contributed by atoms with Crippen molar-refractivity contribution in [2.75, 3.05) is 59.5 Å². The topological polar surface area (TPSA) is 608 Å². The second-order valence-electron chi connectivity index (χ2n) is 33.9. The number of benzene rings is 9. The smallest absolute Gasteiger partial charge is 0.414 e. The van der Waals surface area contributed by atoms with Gasteiger partial charge in [0.2, 0.25) is 41.4 Å². The second-order valence-corrected chi connectivity index (χ2v) is 41.0. The SMILES string of the molecule is C.CC(C)(C)OC(=O)Nc1nc2c(C(=O)O)cc(-c3cccc(NC(=O)[C@@H]4C[C@@H](F)CN4C(=O)Cn4nc(C(N)=O)c5ccccc54)c3F)cc2[nH]1.COC(=O)c1cc(-c2cccc(NC(=O)[C@@H]3C[C@@H](F)CN3C(=O)Cn3nc(C(N)=O)c4ccccc43)c2F)cc2[nH]c(N)nc12.NC(=O)c1nn(CC(=O)N2C[C@H](F)C[C@H]2C(=O)Nc2cccc(-c3cc(C(=O)O)c4nc(N)[nH]c4c3)c2F)c2ccccc12.S=S=S=S=S=S. The first-order valence-corrected chi connectivity index (χ1v) is 50.2. The Morgan fingerprint density at radius 3 is 1.07 bits per heavy atom. The number of likely N-dealkylation sites (tertiary alicyclic amines) is 3. The van der Waals surface area contributed by atoms with Gasteiger partial charge in [0.1, 0.15) is 78.4 Å². The standard InChI is InChI=1S/C34H32F2N8O7.C30H26F2N8O5.C29H24F2N8O5.CH4.S6/c1-34(2,3)51-33(50)41-32-39-22-12-16(11-20(31(48)49)27(22)40-32)18-8-6-9-21(26(18)36)38-30(47)24-13-17(35)14-43(24)25(45)15-44-23-10-5-4-7-19(23)28(42-44)29(37)46;1-45-29(44)18-9-14(10-20-25(18)37-30(34)36-20)16-6-4-7-19(24(16)32)35-28(43)22-11-15(31)12-39(22)23(41)13-40-21-8-3-2-5-17(21)26(38-40)27(33)42;30-14-10-21(38(11-14)22(40)12-39-20-7-2-1-4-16(20)25(37-39)26(32)41)27(42)34-18-6-3-5-15(23(18)31)13-8-17(28(43)44)24-19(9-13)35-29(33)36-24;;1-3-5-6-4-2/h4-12,17,24H,13-15H2,1-3H3,(H2,37,46)(H,38,47)(H,48,49)(H2,39,40,41,50);2-10,15,22H,11-13H2,1H3,(H2,33,42)(H,35,43)(H3,34,36,37);1-9,14,21H,10-12H2,(H2,32,41)(H,34,42)(H,43,44)(H3,33,35,36);1H4;/t17-,24+;15-,22+;14-,21+;;/m111../s1. The number of alkyl halides is 3. The number of nitrogens with zero attached hydrogens (tertiary/aromatic N) is 12. The third kappa shape index (κ3) is 23.2. The number of carboxylic acid groups (broad SMARTS) is 2. The highest BCUT2D eigenvalue weighted by atomic mass is 33.3. The molecule has 3 aliphatic heterocycles. The zero-order valence-electron chi connectivity index (χ0n) is 76.4. The van der Waals surface area contributed by atoms with E-state index in [0.29, 0.717) is 38.2 Å². The molecule has 10 amide bonds. The van der Waals surface area contributed by atoms with E-state index in [9.17, 15) is 85.7 Å². The first kappa shape index (κ1) is 106. The zero-order valence-corrected chi connectivity index (χ0v) is 81.3. The lowest BCUT2D eigenvalue weighted by molar-refractivity contribution is -0.137. The van der Waals surface area contributed by atoms with Crippen molar-refractivity contribution in [2.24, 2.45) is 17.2 Å². The molecule has 0 saturated carbocycles. The van der Waals surface area contributed by atoms with Crippen LogP contribution in [0.1, 0.15) is 110 Å². The summed E-state index contributed by atoms with van der Waals surface area (Å²) in [6.45, 7) is 2.66. The van der Waals surface area contributed by atoms with Crippen molar-refractivity contribution in [1.82, 2.24) is 73.9 Å². The summed E-state index contributed by atoms with van der Waals surface area (Å²) in [4.78, 5) is 188. The van der Waals surface area contributed by atoms with Gasteiger partial charge in [0.05, 0.1) is 93.6 Å². The van der Waals surface area contributed by atoms with Crippen LogP contribution in [0.3, 0.4) is 0 Å². The van der Waals surface area contributed by atoms with Crippen LogP contribution in [0.4, 0.5) is 66.0 Å². The molecular weight excluding hydrogens is 2040 g/mol. The number of ether oxygens (including phenoxy) is 2. The van der Waals surface area contributed by atoms with Crippen molar-refractivity contribution in [3.05, 3.63) is 215 Å². The number of aromatic carboxylic acids is 2. The van der Waals surface area contributed by atoms with Crippen LogP contribution in [0.5, 0.6) is 0 Å². The lowest BCUT2D eigenvalue weighted by Gasteiger charge is -2.24. The van der Waals surface area contributed by atoms with Crippen molar-refractivity contribution in [2.45, 2.75) is 109 Å². The number of halogens is 6. The number of para-hydroxylation sites is 3. The molecule has 9 heterocycles. The molecule has 6 atom stereocenters. The van der Waals surface area contributed by atoms with Crippen molar-refractivity contribution in [3.8, 4) is 33.4 Å². The number of nitrogen functional groups attached to an aromatic ring is 2. The molecule has 6 aromatic heterocycles.